The number of aromatic nitrogens is 1. The van der Waals surface area contributed by atoms with Crippen LogP contribution < -0.4 is 0 Å². The Morgan fingerprint density at radius 3 is 3.00 bits per heavy atom. The topological polar surface area (TPSA) is 31.2 Å². The summed E-state index contributed by atoms with van der Waals surface area (Å²) < 4.78 is 7.38. The summed E-state index contributed by atoms with van der Waals surface area (Å²) in [4.78, 5) is 11.0. The highest BCUT2D eigenvalue weighted by molar-refractivity contribution is 5.96. The molecule has 0 saturated heterocycles. The monoisotopic (exact) mass is 217 g/mol. The third-order valence-corrected chi connectivity index (χ3v) is 2.63. The number of rotatable bonds is 5. The third-order valence-electron chi connectivity index (χ3n) is 2.63. The molecule has 16 heavy (non-hydrogen) atoms. The molecular weight excluding hydrogens is 202 g/mol. The van der Waals surface area contributed by atoms with Gasteiger partial charge in [0.2, 0.25) is 0 Å². The number of ether oxygens (including phenoxy) is 1. The van der Waals surface area contributed by atoms with Crippen LogP contribution in [0.1, 0.15) is 17.3 Å². The molecule has 2 aromatic rings. The molecule has 0 atom stereocenters. The third kappa shape index (κ3) is 1.99. The van der Waals surface area contributed by atoms with Gasteiger partial charge in [-0.05, 0) is 19.1 Å². The van der Waals surface area contributed by atoms with E-state index < -0.39 is 0 Å². The van der Waals surface area contributed by atoms with Gasteiger partial charge in [0, 0.05) is 30.3 Å². The Bertz CT molecular complexity index is 488. The fourth-order valence-corrected chi connectivity index (χ4v) is 1.88. The molecule has 84 valence electrons. The summed E-state index contributed by atoms with van der Waals surface area (Å²) in [6.45, 7) is 4.15. The van der Waals surface area contributed by atoms with Crippen LogP contribution in [0, 0.1) is 0 Å². The van der Waals surface area contributed by atoms with E-state index in [-0.39, 0.29) is 0 Å². The van der Waals surface area contributed by atoms with Crippen molar-refractivity contribution in [2.45, 2.75) is 13.5 Å². The molecule has 0 radical (unpaired) electrons. The predicted molar refractivity (Wildman–Crippen MR) is 63.8 cm³/mol. The Morgan fingerprint density at radius 1 is 1.38 bits per heavy atom. The fraction of sp³-hybridized carbons (Fsp3) is 0.308. The Balaban J connectivity index is 2.34. The van der Waals surface area contributed by atoms with Crippen molar-refractivity contribution in [1.82, 2.24) is 4.57 Å². The zero-order chi connectivity index (χ0) is 11.4. The average molecular weight is 217 g/mol. The van der Waals surface area contributed by atoms with Crippen molar-refractivity contribution in [2.24, 2.45) is 0 Å². The van der Waals surface area contributed by atoms with E-state index in [2.05, 4.69) is 4.57 Å². The maximum absolute atomic E-state index is 11.0. The molecule has 0 saturated carbocycles. The average Bonchev–Trinajstić information content (AvgIpc) is 2.73. The minimum atomic E-state index is 0.674. The quantitative estimate of drug-likeness (QED) is 0.569. The molecule has 0 amide bonds. The van der Waals surface area contributed by atoms with Gasteiger partial charge in [0.15, 0.2) is 6.29 Å². The van der Waals surface area contributed by atoms with Gasteiger partial charge in [-0.3, -0.25) is 4.79 Å². The molecule has 0 aliphatic carbocycles. The number of hydrogen-bond acceptors (Lipinski definition) is 2. The number of para-hydroxylation sites is 1. The van der Waals surface area contributed by atoms with Crippen LogP contribution in [-0.2, 0) is 11.3 Å². The summed E-state index contributed by atoms with van der Waals surface area (Å²) in [7, 11) is 0. The van der Waals surface area contributed by atoms with Gasteiger partial charge >= 0.3 is 0 Å². The second-order valence-corrected chi connectivity index (χ2v) is 3.61. The van der Waals surface area contributed by atoms with E-state index in [1.54, 1.807) is 0 Å². The van der Waals surface area contributed by atoms with Gasteiger partial charge in [-0.25, -0.2) is 0 Å². The predicted octanol–water partition coefficient (Wildman–Crippen LogP) is 2.49. The van der Waals surface area contributed by atoms with Crippen LogP contribution in [0.4, 0.5) is 0 Å². The molecular formula is C13H15NO2. The van der Waals surface area contributed by atoms with Crippen LogP contribution in [0.2, 0.25) is 0 Å². The number of nitrogens with zero attached hydrogens (tertiary/aromatic N) is 1. The van der Waals surface area contributed by atoms with E-state index in [9.17, 15) is 4.79 Å². The molecule has 0 bridgehead atoms. The van der Waals surface area contributed by atoms with Gasteiger partial charge < -0.3 is 9.30 Å². The summed E-state index contributed by atoms with van der Waals surface area (Å²) in [5.74, 6) is 0. The van der Waals surface area contributed by atoms with E-state index in [1.165, 1.54) is 0 Å². The Kier molecular flexibility index (Phi) is 3.37. The maximum atomic E-state index is 11.0. The van der Waals surface area contributed by atoms with Crippen molar-refractivity contribution in [3.63, 3.8) is 0 Å². The van der Waals surface area contributed by atoms with Crippen LogP contribution in [0.15, 0.2) is 30.5 Å². The van der Waals surface area contributed by atoms with Crippen molar-refractivity contribution < 1.29 is 9.53 Å². The van der Waals surface area contributed by atoms with Gasteiger partial charge in [0.05, 0.1) is 12.1 Å². The summed E-state index contributed by atoms with van der Waals surface area (Å²) in [5.41, 5.74) is 1.73. The highest BCUT2D eigenvalue weighted by atomic mass is 16.5. The first kappa shape index (κ1) is 10.9. The van der Waals surface area contributed by atoms with Crippen molar-refractivity contribution in [2.75, 3.05) is 13.2 Å². The molecule has 1 aromatic heterocycles. The van der Waals surface area contributed by atoms with Crippen molar-refractivity contribution in [1.29, 1.82) is 0 Å². The summed E-state index contributed by atoms with van der Waals surface area (Å²) in [6.07, 6.45) is 2.90. The zero-order valence-electron chi connectivity index (χ0n) is 9.35. The van der Waals surface area contributed by atoms with E-state index in [0.717, 1.165) is 35.9 Å². The van der Waals surface area contributed by atoms with Gasteiger partial charge in [0.1, 0.15) is 0 Å². The maximum Gasteiger partial charge on any atom is 0.152 e. The molecule has 0 N–H and O–H groups in total. The lowest BCUT2D eigenvalue weighted by molar-refractivity contribution is 0.112. The molecule has 3 nitrogen and oxygen atoms in total. The Morgan fingerprint density at radius 2 is 2.25 bits per heavy atom. The molecule has 0 spiro atoms. The molecule has 0 fully saturated rings. The lowest BCUT2D eigenvalue weighted by atomic mass is 10.1. The lowest BCUT2D eigenvalue weighted by Crippen LogP contribution is -2.05. The Hall–Kier alpha value is -1.61. The molecule has 3 heteroatoms. The first-order chi connectivity index (χ1) is 7.86. The number of carbonyl (C=O) groups excluding carboxylic acids is 1. The summed E-state index contributed by atoms with van der Waals surface area (Å²) in [6, 6.07) is 7.78. The molecule has 1 aromatic carbocycles. The number of fused-ring (bicyclic) bond motifs is 1. The first-order valence-electron chi connectivity index (χ1n) is 5.47. The fourth-order valence-electron chi connectivity index (χ4n) is 1.88. The SMILES string of the molecule is CCOCCn1ccc2cccc(C=O)c21. The van der Waals surface area contributed by atoms with Crippen LogP contribution >= 0.6 is 0 Å². The first-order valence-corrected chi connectivity index (χ1v) is 5.47. The number of aldehydes is 1. The molecule has 0 unspecified atom stereocenters. The minimum Gasteiger partial charge on any atom is -0.380 e. The zero-order valence-corrected chi connectivity index (χ0v) is 9.35. The highest BCUT2D eigenvalue weighted by Gasteiger charge is 2.05. The van der Waals surface area contributed by atoms with Crippen LogP contribution in [0.3, 0.4) is 0 Å². The number of hydrogen-bond donors (Lipinski definition) is 0. The lowest BCUT2D eigenvalue weighted by Gasteiger charge is -2.06. The minimum absolute atomic E-state index is 0.674. The van der Waals surface area contributed by atoms with E-state index in [4.69, 9.17) is 4.74 Å². The van der Waals surface area contributed by atoms with Crippen LogP contribution in [-0.4, -0.2) is 24.1 Å². The summed E-state index contributed by atoms with van der Waals surface area (Å²) in [5, 5.41) is 1.10. The molecule has 2 rings (SSSR count). The van der Waals surface area contributed by atoms with Crippen LogP contribution in [0.5, 0.6) is 0 Å². The van der Waals surface area contributed by atoms with E-state index >= 15 is 0 Å². The van der Waals surface area contributed by atoms with Crippen molar-refractivity contribution in [3.8, 4) is 0 Å². The van der Waals surface area contributed by atoms with Crippen LogP contribution in [0.25, 0.3) is 10.9 Å². The highest BCUT2D eigenvalue weighted by Crippen LogP contribution is 2.18. The van der Waals surface area contributed by atoms with Gasteiger partial charge in [0.25, 0.3) is 0 Å². The summed E-state index contributed by atoms with van der Waals surface area (Å²) >= 11 is 0. The number of carbonyl (C=O) groups is 1. The standard InChI is InChI=1S/C13H15NO2/c1-2-16-9-8-14-7-6-11-4-3-5-12(10-15)13(11)14/h3-7,10H,2,8-9H2,1H3. The van der Waals surface area contributed by atoms with Crippen molar-refractivity contribution in [3.05, 3.63) is 36.0 Å². The Labute approximate surface area is 94.6 Å². The van der Waals surface area contributed by atoms with Gasteiger partial charge in [-0.1, -0.05) is 12.1 Å². The van der Waals surface area contributed by atoms with Crippen molar-refractivity contribution >= 4 is 17.2 Å². The second-order valence-electron chi connectivity index (χ2n) is 3.61. The van der Waals surface area contributed by atoms with Gasteiger partial charge in [-0.15, -0.1) is 0 Å². The van der Waals surface area contributed by atoms with Gasteiger partial charge in [-0.2, -0.15) is 0 Å². The molecule has 1 heterocycles. The number of benzene rings is 1. The largest absolute Gasteiger partial charge is 0.380 e. The van der Waals surface area contributed by atoms with E-state index in [0.29, 0.717) is 6.61 Å². The molecule has 0 aliphatic rings. The van der Waals surface area contributed by atoms with E-state index in [1.807, 2.05) is 37.4 Å². The smallest absolute Gasteiger partial charge is 0.152 e. The second kappa shape index (κ2) is 4.94. The molecule has 0 aliphatic heterocycles. The normalized spacial score (nSPS) is 10.8.